The number of ether oxygens (including phenoxy) is 2. The highest BCUT2D eigenvalue weighted by atomic mass is 32.2. The molecular weight excluding hydrogens is 495 g/mol. The second-order valence-corrected chi connectivity index (χ2v) is 19.3. The second kappa shape index (κ2) is 9.12. The summed E-state index contributed by atoms with van der Waals surface area (Å²) in [4.78, 5) is 8.90. The number of thioether (sulfide) groups is 1. The number of aromatic nitrogens is 2. The predicted molar refractivity (Wildman–Crippen MR) is 145 cm³/mol. The first-order chi connectivity index (χ1) is 16.5. The maximum absolute atomic E-state index is 7.29. The third kappa shape index (κ3) is 4.41. The van der Waals surface area contributed by atoms with E-state index in [1.165, 1.54) is 0 Å². The monoisotopic (exact) mass is 538 g/mol. The van der Waals surface area contributed by atoms with Crippen molar-refractivity contribution in [3.05, 3.63) is 11.8 Å². The minimum atomic E-state index is -2.71. The molecule has 8 nitrogen and oxygen atoms in total. The van der Waals surface area contributed by atoms with Gasteiger partial charge in [-0.05, 0) is 27.7 Å². The summed E-state index contributed by atoms with van der Waals surface area (Å²) >= 11 is 1.82. The second-order valence-electron chi connectivity index (χ2n) is 13.1. The van der Waals surface area contributed by atoms with Crippen molar-refractivity contribution >= 4 is 27.4 Å². The molecule has 1 aromatic heterocycles. The maximum Gasteiger partial charge on any atom is 0.465 e. The summed E-state index contributed by atoms with van der Waals surface area (Å²) in [5.74, 6) is 0.392. The first-order valence-electron chi connectivity index (χ1n) is 12.8. The SMILES string of the molecule is COc1ncc([C@@H]2S[C@@H]3CO[Si](C(C)(C)C)(C(C)(C)C)O[C@H]3[C@H]2B2OC(C)(C)C(C)(C)O2)c(OC)n1. The Hall–Kier alpha value is -0.848. The molecule has 4 atom stereocenters. The van der Waals surface area contributed by atoms with Gasteiger partial charge >= 0.3 is 21.7 Å². The van der Waals surface area contributed by atoms with E-state index >= 15 is 0 Å². The van der Waals surface area contributed by atoms with E-state index in [9.17, 15) is 0 Å². The summed E-state index contributed by atoms with van der Waals surface area (Å²) in [7, 11) is 0.00479. The standard InChI is InChI=1S/C25H43BN2O6SSi/c1-22(2,3)36(23(4,5)6)31-14-16-18(32-36)17(26-33-24(7,8)25(9,10)34-26)19(35-16)15-13-27-21(30-12)28-20(15)29-11/h13,16-19H,14H2,1-12H3/t16-,17-,18-,19+/m1/s1. The van der Waals surface area contributed by atoms with Crippen LogP contribution in [0.3, 0.4) is 0 Å². The molecule has 0 N–H and O–H groups in total. The van der Waals surface area contributed by atoms with Crippen LogP contribution in [0.25, 0.3) is 0 Å². The first kappa shape index (κ1) is 28.2. The van der Waals surface area contributed by atoms with Crippen LogP contribution < -0.4 is 9.47 Å². The third-order valence-corrected chi connectivity index (χ3v) is 14.9. The molecular formula is C25H43BN2O6SSi. The van der Waals surface area contributed by atoms with Gasteiger partial charge in [0, 0.05) is 32.9 Å². The molecule has 0 aromatic carbocycles. The minimum Gasteiger partial charge on any atom is -0.481 e. The third-order valence-electron chi connectivity index (χ3n) is 8.17. The van der Waals surface area contributed by atoms with E-state index in [1.54, 1.807) is 20.4 Å². The van der Waals surface area contributed by atoms with Gasteiger partial charge < -0.3 is 27.6 Å². The van der Waals surface area contributed by atoms with Gasteiger partial charge in [0.05, 0.1) is 43.4 Å². The van der Waals surface area contributed by atoms with E-state index < -0.39 is 26.9 Å². The summed E-state index contributed by atoms with van der Waals surface area (Å²) in [6, 6.07) is 0.273. The summed E-state index contributed by atoms with van der Waals surface area (Å²) in [6.45, 7) is 22.5. The molecule has 3 fully saturated rings. The van der Waals surface area contributed by atoms with Crippen molar-refractivity contribution in [2.75, 3.05) is 20.8 Å². The molecule has 0 spiro atoms. The van der Waals surface area contributed by atoms with Crippen LogP contribution >= 0.6 is 11.8 Å². The Morgan fingerprint density at radius 1 is 1.00 bits per heavy atom. The Bertz CT molecular complexity index is 952. The number of rotatable bonds is 4. The molecule has 0 aliphatic carbocycles. The van der Waals surface area contributed by atoms with E-state index in [0.29, 0.717) is 12.5 Å². The van der Waals surface area contributed by atoms with E-state index in [4.69, 9.17) is 27.6 Å². The average Bonchev–Trinajstić information content (AvgIpc) is 3.24. The molecule has 4 rings (SSSR count). The van der Waals surface area contributed by atoms with Gasteiger partial charge in [-0.1, -0.05) is 41.5 Å². The lowest BCUT2D eigenvalue weighted by atomic mass is 9.65. The van der Waals surface area contributed by atoms with Crippen molar-refractivity contribution in [3.63, 3.8) is 0 Å². The number of nitrogens with zero attached hydrogens (tertiary/aromatic N) is 2. The molecule has 3 aliphatic heterocycles. The molecule has 3 saturated heterocycles. The normalized spacial score (nSPS) is 31.3. The van der Waals surface area contributed by atoms with Crippen LogP contribution in [-0.4, -0.2) is 69.0 Å². The molecule has 0 unspecified atom stereocenters. The van der Waals surface area contributed by atoms with Crippen LogP contribution in [0.2, 0.25) is 15.9 Å². The maximum atomic E-state index is 7.29. The van der Waals surface area contributed by atoms with Crippen molar-refractivity contribution < 1.29 is 27.6 Å². The molecule has 202 valence electrons. The number of fused-ring (bicyclic) bond motifs is 1. The fourth-order valence-corrected chi connectivity index (χ4v) is 12.8. The van der Waals surface area contributed by atoms with Gasteiger partial charge in [-0.2, -0.15) is 4.98 Å². The fourth-order valence-electron chi connectivity index (χ4n) is 5.84. The Morgan fingerprint density at radius 3 is 2.08 bits per heavy atom. The summed E-state index contributed by atoms with van der Waals surface area (Å²) in [5, 5.41) is -0.194. The number of methoxy groups -OCH3 is 2. The van der Waals surface area contributed by atoms with Crippen LogP contribution in [-0.2, 0) is 18.2 Å². The molecule has 0 bridgehead atoms. The van der Waals surface area contributed by atoms with E-state index in [-0.39, 0.29) is 38.5 Å². The van der Waals surface area contributed by atoms with Crippen LogP contribution in [0, 0.1) is 0 Å². The van der Waals surface area contributed by atoms with E-state index in [2.05, 4.69) is 79.2 Å². The summed E-state index contributed by atoms with van der Waals surface area (Å²) in [6.07, 6.45) is 1.69. The zero-order valence-corrected chi connectivity index (χ0v) is 25.7. The van der Waals surface area contributed by atoms with Crippen LogP contribution in [0.1, 0.15) is 80.1 Å². The molecule has 36 heavy (non-hydrogen) atoms. The highest BCUT2D eigenvalue weighted by Gasteiger charge is 2.68. The van der Waals surface area contributed by atoms with Crippen LogP contribution in [0.5, 0.6) is 11.9 Å². The lowest BCUT2D eigenvalue weighted by Gasteiger charge is -2.54. The largest absolute Gasteiger partial charge is 0.481 e. The molecule has 4 heterocycles. The van der Waals surface area contributed by atoms with Gasteiger partial charge in [0.15, 0.2) is 0 Å². The van der Waals surface area contributed by atoms with Crippen LogP contribution in [0.4, 0.5) is 0 Å². The van der Waals surface area contributed by atoms with Crippen molar-refractivity contribution in [1.82, 2.24) is 9.97 Å². The summed E-state index contributed by atoms with van der Waals surface area (Å²) in [5.41, 5.74) is -0.0295. The fraction of sp³-hybridized carbons (Fsp3) is 0.840. The predicted octanol–water partition coefficient (Wildman–Crippen LogP) is 5.57. The summed E-state index contributed by atoms with van der Waals surface area (Å²) < 4.78 is 38.4. The molecule has 11 heteroatoms. The minimum absolute atomic E-state index is 0.0658. The smallest absolute Gasteiger partial charge is 0.465 e. The molecule has 1 aromatic rings. The zero-order valence-electron chi connectivity index (χ0n) is 23.9. The quantitative estimate of drug-likeness (QED) is 0.457. The highest BCUT2D eigenvalue weighted by molar-refractivity contribution is 8.00. The van der Waals surface area contributed by atoms with Gasteiger partial charge in [-0.3, -0.25) is 0 Å². The molecule has 3 aliphatic rings. The lowest BCUT2D eigenvalue weighted by Crippen LogP contribution is -2.64. The Balaban J connectivity index is 1.81. The molecule has 0 saturated carbocycles. The number of hydrogen-bond donors (Lipinski definition) is 0. The molecule has 0 amide bonds. The van der Waals surface area contributed by atoms with Gasteiger partial charge in [0.2, 0.25) is 5.88 Å². The Morgan fingerprint density at radius 2 is 1.58 bits per heavy atom. The van der Waals surface area contributed by atoms with Crippen molar-refractivity contribution in [1.29, 1.82) is 0 Å². The Labute approximate surface area is 222 Å². The molecule has 0 radical (unpaired) electrons. The highest BCUT2D eigenvalue weighted by Crippen LogP contribution is 2.64. The van der Waals surface area contributed by atoms with Gasteiger partial charge in [0.1, 0.15) is 0 Å². The van der Waals surface area contributed by atoms with Crippen molar-refractivity contribution in [3.8, 4) is 11.9 Å². The first-order valence-corrected chi connectivity index (χ1v) is 15.5. The van der Waals surface area contributed by atoms with Gasteiger partial charge in [-0.15, -0.1) is 11.8 Å². The van der Waals surface area contributed by atoms with Crippen molar-refractivity contribution in [2.45, 2.75) is 113 Å². The zero-order chi connectivity index (χ0) is 26.9. The van der Waals surface area contributed by atoms with E-state index in [1.807, 2.05) is 11.8 Å². The average molecular weight is 539 g/mol. The van der Waals surface area contributed by atoms with Crippen molar-refractivity contribution in [2.24, 2.45) is 0 Å². The Kier molecular flexibility index (Phi) is 7.14. The topological polar surface area (TPSA) is 81.2 Å². The van der Waals surface area contributed by atoms with E-state index in [0.717, 1.165) is 5.56 Å². The lowest BCUT2D eigenvalue weighted by molar-refractivity contribution is 0.00578. The van der Waals surface area contributed by atoms with Gasteiger partial charge in [-0.25, -0.2) is 4.98 Å². The van der Waals surface area contributed by atoms with Crippen LogP contribution in [0.15, 0.2) is 6.20 Å². The van der Waals surface area contributed by atoms with Gasteiger partial charge in [0.25, 0.3) is 0 Å². The number of hydrogen-bond acceptors (Lipinski definition) is 9.